The number of carboxylic acids is 1. The molecule has 0 radical (unpaired) electrons. The van der Waals surface area contributed by atoms with Crippen molar-refractivity contribution in [1.82, 2.24) is 5.32 Å². The fourth-order valence-electron chi connectivity index (χ4n) is 1.75. The molecule has 0 saturated heterocycles. The summed E-state index contributed by atoms with van der Waals surface area (Å²) >= 11 is 0. The van der Waals surface area contributed by atoms with E-state index in [1.54, 1.807) is 6.08 Å². The average molecular weight is 197 g/mol. The summed E-state index contributed by atoms with van der Waals surface area (Å²) in [5.41, 5.74) is 0. The smallest absolute Gasteiger partial charge is 0.306 e. The molecule has 1 aliphatic carbocycles. The molecule has 0 spiro atoms. The lowest BCUT2D eigenvalue weighted by molar-refractivity contribution is -0.141. The zero-order valence-electron chi connectivity index (χ0n) is 8.03. The van der Waals surface area contributed by atoms with Crippen LogP contribution < -0.4 is 5.32 Å². The van der Waals surface area contributed by atoms with E-state index in [2.05, 4.69) is 11.9 Å². The maximum atomic E-state index is 11.1. The molecule has 0 aromatic heterocycles. The van der Waals surface area contributed by atoms with Gasteiger partial charge in [-0.2, -0.15) is 0 Å². The van der Waals surface area contributed by atoms with E-state index < -0.39 is 5.97 Å². The van der Waals surface area contributed by atoms with Crippen LogP contribution in [0, 0.1) is 5.92 Å². The summed E-state index contributed by atoms with van der Waals surface area (Å²) in [7, 11) is 0. The molecule has 1 saturated carbocycles. The summed E-state index contributed by atoms with van der Waals surface area (Å²) in [6.45, 7) is 3.46. The molecule has 1 amide bonds. The van der Waals surface area contributed by atoms with E-state index in [4.69, 9.17) is 5.11 Å². The second-order valence-corrected chi connectivity index (χ2v) is 3.61. The Morgan fingerprint density at radius 2 is 2.21 bits per heavy atom. The summed E-state index contributed by atoms with van der Waals surface area (Å²) in [5.74, 6) is -1.12. The van der Waals surface area contributed by atoms with Crippen LogP contribution in [0.25, 0.3) is 0 Å². The fourth-order valence-corrected chi connectivity index (χ4v) is 1.75. The molecule has 4 nitrogen and oxygen atoms in total. The van der Waals surface area contributed by atoms with E-state index >= 15 is 0 Å². The summed E-state index contributed by atoms with van der Waals surface area (Å²) in [6.07, 6.45) is 3.82. The van der Waals surface area contributed by atoms with Gasteiger partial charge < -0.3 is 10.4 Å². The lowest BCUT2D eigenvalue weighted by atomic mass is 10.1. The molecule has 78 valence electrons. The quantitative estimate of drug-likeness (QED) is 0.659. The van der Waals surface area contributed by atoms with E-state index in [0.717, 1.165) is 6.42 Å². The van der Waals surface area contributed by atoms with Gasteiger partial charge in [0, 0.05) is 12.5 Å². The van der Waals surface area contributed by atoms with Crippen molar-refractivity contribution in [2.24, 2.45) is 5.92 Å². The van der Waals surface area contributed by atoms with Gasteiger partial charge in [-0.25, -0.2) is 0 Å². The van der Waals surface area contributed by atoms with Crippen LogP contribution in [0.1, 0.15) is 25.7 Å². The van der Waals surface area contributed by atoms with Crippen LogP contribution in [-0.2, 0) is 9.59 Å². The van der Waals surface area contributed by atoms with Gasteiger partial charge in [-0.1, -0.05) is 6.08 Å². The number of carbonyl (C=O) groups excluding carboxylic acids is 1. The van der Waals surface area contributed by atoms with Gasteiger partial charge in [0.2, 0.25) is 5.91 Å². The van der Waals surface area contributed by atoms with Gasteiger partial charge in [0.15, 0.2) is 0 Å². The van der Waals surface area contributed by atoms with E-state index in [9.17, 15) is 9.59 Å². The number of aliphatic carboxylic acids is 1. The Bertz CT molecular complexity index is 250. The third kappa shape index (κ3) is 2.87. The first-order valence-electron chi connectivity index (χ1n) is 4.76. The third-order valence-corrected chi connectivity index (χ3v) is 2.48. The second kappa shape index (κ2) is 4.79. The normalized spacial score (nSPS) is 25.7. The van der Waals surface area contributed by atoms with Crippen LogP contribution in [0.5, 0.6) is 0 Å². The van der Waals surface area contributed by atoms with Crippen LogP contribution in [0.3, 0.4) is 0 Å². The Morgan fingerprint density at radius 1 is 1.50 bits per heavy atom. The van der Waals surface area contributed by atoms with Gasteiger partial charge in [-0.05, 0) is 19.3 Å². The molecule has 0 aromatic rings. The zero-order valence-corrected chi connectivity index (χ0v) is 8.03. The Kier molecular flexibility index (Phi) is 3.68. The van der Waals surface area contributed by atoms with Crippen LogP contribution in [0.15, 0.2) is 12.7 Å². The first-order chi connectivity index (χ1) is 6.63. The summed E-state index contributed by atoms with van der Waals surface area (Å²) in [4.78, 5) is 21.8. The average Bonchev–Trinajstić information content (AvgIpc) is 2.53. The van der Waals surface area contributed by atoms with Crippen molar-refractivity contribution in [3.8, 4) is 0 Å². The maximum absolute atomic E-state index is 11.1. The first kappa shape index (κ1) is 10.8. The molecule has 1 fully saturated rings. The molecule has 0 unspecified atom stereocenters. The monoisotopic (exact) mass is 197 g/mol. The predicted octanol–water partition coefficient (Wildman–Crippen LogP) is 0.932. The fraction of sp³-hybridized carbons (Fsp3) is 0.600. The van der Waals surface area contributed by atoms with Crippen LogP contribution in [0.4, 0.5) is 0 Å². The van der Waals surface area contributed by atoms with E-state index in [1.165, 1.54) is 0 Å². The molecule has 0 aromatic carbocycles. The molecule has 0 bridgehead atoms. The number of nitrogens with one attached hydrogen (secondary N) is 1. The van der Waals surface area contributed by atoms with Crippen LogP contribution >= 0.6 is 0 Å². The molecule has 1 aliphatic rings. The van der Waals surface area contributed by atoms with Crippen LogP contribution in [0.2, 0.25) is 0 Å². The zero-order chi connectivity index (χ0) is 10.6. The molecular weight excluding hydrogens is 182 g/mol. The SMILES string of the molecule is C=CCC(=O)N[C@H]1CC[C@@H](C(=O)O)C1. The van der Waals surface area contributed by atoms with Gasteiger partial charge in [-0.3, -0.25) is 9.59 Å². The van der Waals surface area contributed by atoms with E-state index in [1.807, 2.05) is 0 Å². The highest BCUT2D eigenvalue weighted by molar-refractivity contribution is 5.78. The highest BCUT2D eigenvalue weighted by Crippen LogP contribution is 2.25. The largest absolute Gasteiger partial charge is 0.481 e. The lowest BCUT2D eigenvalue weighted by Gasteiger charge is -2.10. The third-order valence-electron chi connectivity index (χ3n) is 2.48. The standard InChI is InChI=1S/C10H15NO3/c1-2-3-9(12)11-8-5-4-7(6-8)10(13)14/h2,7-8H,1,3-6H2,(H,11,12)(H,13,14)/t7-,8+/m1/s1. The number of hydrogen-bond donors (Lipinski definition) is 2. The van der Waals surface area contributed by atoms with Crippen molar-refractivity contribution in [3.63, 3.8) is 0 Å². The first-order valence-corrected chi connectivity index (χ1v) is 4.76. The highest BCUT2D eigenvalue weighted by Gasteiger charge is 2.30. The van der Waals surface area contributed by atoms with Crippen molar-refractivity contribution >= 4 is 11.9 Å². The Morgan fingerprint density at radius 3 is 2.71 bits per heavy atom. The van der Waals surface area contributed by atoms with Gasteiger partial charge >= 0.3 is 5.97 Å². The summed E-state index contributed by atoms with van der Waals surface area (Å²) in [5, 5.41) is 11.5. The molecule has 1 rings (SSSR count). The lowest BCUT2D eigenvalue weighted by Crippen LogP contribution is -2.32. The number of hydrogen-bond acceptors (Lipinski definition) is 2. The van der Waals surface area contributed by atoms with Gasteiger partial charge in [-0.15, -0.1) is 6.58 Å². The minimum atomic E-state index is -0.759. The Balaban J connectivity index is 2.32. The molecule has 0 heterocycles. The topological polar surface area (TPSA) is 66.4 Å². The predicted molar refractivity (Wildman–Crippen MR) is 51.7 cm³/mol. The molecule has 2 N–H and O–H groups in total. The van der Waals surface area contributed by atoms with E-state index in [0.29, 0.717) is 19.3 Å². The summed E-state index contributed by atoms with van der Waals surface area (Å²) < 4.78 is 0. The number of carboxylic acid groups (broad SMARTS) is 1. The Labute approximate surface area is 83.0 Å². The number of rotatable bonds is 4. The van der Waals surface area contributed by atoms with Gasteiger partial charge in [0.1, 0.15) is 0 Å². The Hall–Kier alpha value is -1.32. The second-order valence-electron chi connectivity index (χ2n) is 3.61. The van der Waals surface area contributed by atoms with Gasteiger partial charge in [0.05, 0.1) is 5.92 Å². The molecular formula is C10H15NO3. The van der Waals surface area contributed by atoms with E-state index in [-0.39, 0.29) is 17.9 Å². The number of amides is 1. The minimum Gasteiger partial charge on any atom is -0.481 e. The minimum absolute atomic E-state index is 0.0311. The molecule has 2 atom stereocenters. The summed E-state index contributed by atoms with van der Waals surface area (Å²) in [6, 6.07) is 0.0311. The van der Waals surface area contributed by atoms with Gasteiger partial charge in [0.25, 0.3) is 0 Å². The van der Waals surface area contributed by atoms with Crippen molar-refractivity contribution < 1.29 is 14.7 Å². The highest BCUT2D eigenvalue weighted by atomic mass is 16.4. The van der Waals surface area contributed by atoms with Crippen molar-refractivity contribution in [2.45, 2.75) is 31.7 Å². The maximum Gasteiger partial charge on any atom is 0.306 e. The molecule has 14 heavy (non-hydrogen) atoms. The van der Waals surface area contributed by atoms with Crippen molar-refractivity contribution in [3.05, 3.63) is 12.7 Å². The number of carbonyl (C=O) groups is 2. The van der Waals surface area contributed by atoms with Crippen LogP contribution in [-0.4, -0.2) is 23.0 Å². The molecule has 4 heteroatoms. The van der Waals surface area contributed by atoms with Crippen molar-refractivity contribution in [2.75, 3.05) is 0 Å². The molecule has 0 aliphatic heterocycles. The van der Waals surface area contributed by atoms with Crippen molar-refractivity contribution in [1.29, 1.82) is 0 Å².